The van der Waals surface area contributed by atoms with Gasteiger partial charge in [0.15, 0.2) is 17.5 Å². The van der Waals surface area contributed by atoms with Gasteiger partial charge in [-0.1, -0.05) is 146 Å². The number of aromatic nitrogens is 3. The first kappa shape index (κ1) is 28.2. The highest BCUT2D eigenvalue weighted by Gasteiger charge is 2.22. The number of fused-ring (bicyclic) bond motifs is 6. The van der Waals surface area contributed by atoms with Crippen molar-refractivity contribution >= 4 is 43.9 Å². The Morgan fingerprint density at radius 3 is 1.52 bits per heavy atom. The van der Waals surface area contributed by atoms with Crippen LogP contribution in [0.2, 0.25) is 0 Å². The Morgan fingerprint density at radius 2 is 0.800 bits per heavy atom. The largest absolute Gasteiger partial charge is 0.455 e. The van der Waals surface area contributed by atoms with Gasteiger partial charge in [0.05, 0.1) is 0 Å². The summed E-state index contributed by atoms with van der Waals surface area (Å²) < 4.78 is 13.4. The van der Waals surface area contributed by atoms with E-state index in [0.717, 1.165) is 82.8 Å². The minimum atomic E-state index is 0.586. The Hall–Kier alpha value is -6.85. The molecule has 0 amide bonds. The van der Waals surface area contributed by atoms with Gasteiger partial charge in [0.1, 0.15) is 22.3 Å². The smallest absolute Gasteiger partial charge is 0.164 e. The fraction of sp³-hybridized carbons (Fsp3) is 0. The second kappa shape index (κ2) is 11.4. The molecule has 3 aromatic heterocycles. The average molecular weight is 642 g/mol. The van der Waals surface area contributed by atoms with Crippen LogP contribution < -0.4 is 0 Å². The second-order valence-corrected chi connectivity index (χ2v) is 12.3. The average Bonchev–Trinajstić information content (AvgIpc) is 3.78. The van der Waals surface area contributed by atoms with Crippen molar-refractivity contribution in [3.63, 3.8) is 0 Å². The molecule has 0 aliphatic carbocycles. The van der Waals surface area contributed by atoms with Crippen LogP contribution in [0.4, 0.5) is 0 Å². The standard InChI is InChI=1S/C45H27N3O2/c1-4-14-28(15-5-1)31-26-27-33(42-40(31)34-20-10-11-24-37(34)49-42)32-21-12-22-35-39-36(23-13-25-38(39)50-41(32)35)45-47-43(29-16-6-2-7-17-29)46-44(48-45)30-18-8-3-9-19-30/h1-27H. The SMILES string of the molecule is c1ccc(-c2nc(-c3ccccc3)nc(-c3cccc4oc5c(-c6ccc(-c7ccccc7)c7c6oc6ccccc67)cccc5c34)n2)cc1. The summed E-state index contributed by atoms with van der Waals surface area (Å²) in [5.41, 5.74) is 10.2. The lowest BCUT2D eigenvalue weighted by molar-refractivity contribution is 0.665. The molecule has 0 unspecified atom stereocenters. The summed E-state index contributed by atoms with van der Waals surface area (Å²) in [6.07, 6.45) is 0. The molecule has 0 N–H and O–H groups in total. The molecule has 7 aromatic carbocycles. The number of hydrogen-bond acceptors (Lipinski definition) is 5. The van der Waals surface area contributed by atoms with Crippen molar-refractivity contribution in [1.82, 2.24) is 15.0 Å². The van der Waals surface area contributed by atoms with Crippen molar-refractivity contribution < 1.29 is 8.83 Å². The summed E-state index contributed by atoms with van der Waals surface area (Å²) in [6, 6.07) is 55.5. The lowest BCUT2D eigenvalue weighted by Crippen LogP contribution is -2.00. The summed E-state index contributed by atoms with van der Waals surface area (Å²) in [5.74, 6) is 1.82. The van der Waals surface area contributed by atoms with Gasteiger partial charge in [0.25, 0.3) is 0 Å². The van der Waals surface area contributed by atoms with Gasteiger partial charge in [-0.3, -0.25) is 0 Å². The van der Waals surface area contributed by atoms with Crippen molar-refractivity contribution in [1.29, 1.82) is 0 Å². The van der Waals surface area contributed by atoms with Crippen LogP contribution in [0.5, 0.6) is 0 Å². The van der Waals surface area contributed by atoms with E-state index in [1.165, 1.54) is 0 Å². The van der Waals surface area contributed by atoms with E-state index in [1.54, 1.807) is 0 Å². The predicted molar refractivity (Wildman–Crippen MR) is 202 cm³/mol. The Bertz CT molecular complexity index is 2800. The van der Waals surface area contributed by atoms with Crippen molar-refractivity contribution in [2.24, 2.45) is 0 Å². The third kappa shape index (κ3) is 4.52. The molecule has 0 saturated heterocycles. The fourth-order valence-electron chi connectivity index (χ4n) is 7.07. The van der Waals surface area contributed by atoms with E-state index < -0.39 is 0 Å². The predicted octanol–water partition coefficient (Wildman–Crippen LogP) is 12.0. The van der Waals surface area contributed by atoms with Gasteiger partial charge >= 0.3 is 0 Å². The number of rotatable bonds is 5. The summed E-state index contributed by atoms with van der Waals surface area (Å²) >= 11 is 0. The number of hydrogen-bond donors (Lipinski definition) is 0. The maximum absolute atomic E-state index is 6.75. The maximum atomic E-state index is 6.75. The minimum Gasteiger partial charge on any atom is -0.455 e. The molecule has 10 aromatic rings. The fourth-order valence-corrected chi connectivity index (χ4v) is 7.07. The van der Waals surface area contributed by atoms with Crippen LogP contribution in [0.15, 0.2) is 173 Å². The zero-order chi connectivity index (χ0) is 33.0. The van der Waals surface area contributed by atoms with Gasteiger partial charge in [-0.05, 0) is 29.3 Å². The quantitative estimate of drug-likeness (QED) is 0.187. The molecule has 0 radical (unpaired) electrons. The zero-order valence-corrected chi connectivity index (χ0v) is 26.7. The molecule has 0 atom stereocenters. The number of benzene rings is 7. The van der Waals surface area contributed by atoms with Gasteiger partial charge in [-0.25, -0.2) is 15.0 Å². The van der Waals surface area contributed by atoms with Crippen molar-refractivity contribution in [3.05, 3.63) is 164 Å². The van der Waals surface area contributed by atoms with E-state index in [-0.39, 0.29) is 0 Å². The molecule has 0 saturated carbocycles. The Kier molecular flexibility index (Phi) is 6.42. The monoisotopic (exact) mass is 641 g/mol. The first-order valence-electron chi connectivity index (χ1n) is 16.6. The highest BCUT2D eigenvalue weighted by Crippen LogP contribution is 2.45. The number of para-hydroxylation sites is 2. The molecule has 5 heteroatoms. The summed E-state index contributed by atoms with van der Waals surface area (Å²) in [4.78, 5) is 15.0. The van der Waals surface area contributed by atoms with Gasteiger partial charge in [0.2, 0.25) is 0 Å². The highest BCUT2D eigenvalue weighted by molar-refractivity contribution is 6.20. The van der Waals surface area contributed by atoms with Gasteiger partial charge in [0, 0.05) is 49.4 Å². The van der Waals surface area contributed by atoms with E-state index >= 15 is 0 Å². The van der Waals surface area contributed by atoms with E-state index in [2.05, 4.69) is 72.8 Å². The molecule has 234 valence electrons. The molecule has 10 rings (SSSR count). The molecular weight excluding hydrogens is 615 g/mol. The first-order valence-corrected chi connectivity index (χ1v) is 16.6. The lowest BCUT2D eigenvalue weighted by atomic mass is 9.94. The van der Waals surface area contributed by atoms with E-state index in [9.17, 15) is 0 Å². The zero-order valence-electron chi connectivity index (χ0n) is 26.7. The van der Waals surface area contributed by atoms with E-state index in [0.29, 0.717) is 17.5 Å². The summed E-state index contributed by atoms with van der Waals surface area (Å²) in [6.45, 7) is 0. The Balaban J connectivity index is 1.21. The van der Waals surface area contributed by atoms with Crippen LogP contribution >= 0.6 is 0 Å². The maximum Gasteiger partial charge on any atom is 0.164 e. The van der Waals surface area contributed by atoms with Gasteiger partial charge < -0.3 is 8.83 Å². The molecule has 0 bridgehead atoms. The van der Waals surface area contributed by atoms with Crippen LogP contribution in [0, 0.1) is 0 Å². The molecule has 50 heavy (non-hydrogen) atoms. The minimum absolute atomic E-state index is 0.586. The molecule has 0 aliphatic heterocycles. The lowest BCUT2D eigenvalue weighted by Gasteiger charge is -2.09. The van der Waals surface area contributed by atoms with E-state index in [1.807, 2.05) is 91.0 Å². The number of furan rings is 2. The normalized spacial score (nSPS) is 11.6. The third-order valence-corrected chi connectivity index (χ3v) is 9.36. The molecule has 5 nitrogen and oxygen atoms in total. The summed E-state index contributed by atoms with van der Waals surface area (Å²) in [7, 11) is 0. The van der Waals surface area contributed by atoms with Crippen LogP contribution in [0.1, 0.15) is 0 Å². The number of nitrogens with zero attached hydrogens (tertiary/aromatic N) is 3. The Morgan fingerprint density at radius 1 is 0.300 bits per heavy atom. The van der Waals surface area contributed by atoms with Crippen molar-refractivity contribution in [3.8, 4) is 56.4 Å². The molecule has 0 aliphatic rings. The van der Waals surface area contributed by atoms with Crippen LogP contribution in [-0.4, -0.2) is 15.0 Å². The van der Waals surface area contributed by atoms with Gasteiger partial charge in [-0.2, -0.15) is 0 Å². The van der Waals surface area contributed by atoms with Crippen molar-refractivity contribution in [2.45, 2.75) is 0 Å². The molecule has 3 heterocycles. The summed E-state index contributed by atoms with van der Waals surface area (Å²) in [5, 5.41) is 4.11. The van der Waals surface area contributed by atoms with Crippen LogP contribution in [0.3, 0.4) is 0 Å². The molecule has 0 spiro atoms. The topological polar surface area (TPSA) is 65.0 Å². The highest BCUT2D eigenvalue weighted by atomic mass is 16.3. The molecule has 0 fully saturated rings. The molecular formula is C45H27N3O2. The Labute approximate surface area is 287 Å². The van der Waals surface area contributed by atoms with Crippen LogP contribution in [0.25, 0.3) is 100 Å². The van der Waals surface area contributed by atoms with E-state index in [4.69, 9.17) is 23.8 Å². The van der Waals surface area contributed by atoms with Crippen molar-refractivity contribution in [2.75, 3.05) is 0 Å². The second-order valence-electron chi connectivity index (χ2n) is 12.3. The van der Waals surface area contributed by atoms with Gasteiger partial charge in [-0.15, -0.1) is 0 Å². The van der Waals surface area contributed by atoms with Crippen LogP contribution in [-0.2, 0) is 0 Å². The first-order chi connectivity index (χ1) is 24.8. The third-order valence-electron chi connectivity index (χ3n) is 9.36.